The van der Waals surface area contributed by atoms with Crippen LogP contribution in [0.2, 0.25) is 0 Å². The molecule has 1 rings (SSSR count). The summed E-state index contributed by atoms with van der Waals surface area (Å²) in [5.41, 5.74) is 0. The van der Waals surface area contributed by atoms with Crippen molar-refractivity contribution in [3.8, 4) is 0 Å². The fourth-order valence-corrected chi connectivity index (χ4v) is 3.00. The highest BCUT2D eigenvalue weighted by atomic mass is 16.5. The molecule has 1 aliphatic carbocycles. The van der Waals surface area contributed by atoms with Crippen molar-refractivity contribution in [2.24, 2.45) is 11.8 Å². The summed E-state index contributed by atoms with van der Waals surface area (Å²) in [5, 5.41) is 0. The summed E-state index contributed by atoms with van der Waals surface area (Å²) in [6.07, 6.45) is 12.6. The first-order valence-electron chi connectivity index (χ1n) is 7.54. The molecule has 18 heavy (non-hydrogen) atoms. The molecule has 1 aliphatic rings. The zero-order chi connectivity index (χ0) is 13.2. The Bertz CT molecular complexity index is 241. The van der Waals surface area contributed by atoms with Gasteiger partial charge in [-0.25, -0.2) is 0 Å². The van der Waals surface area contributed by atoms with Crippen molar-refractivity contribution >= 4 is 5.97 Å². The Balaban J connectivity index is 2.42. The summed E-state index contributed by atoms with van der Waals surface area (Å²) in [7, 11) is 0. The van der Waals surface area contributed by atoms with Gasteiger partial charge in [0.1, 0.15) is 6.61 Å². The van der Waals surface area contributed by atoms with Crippen LogP contribution < -0.4 is 0 Å². The van der Waals surface area contributed by atoms with E-state index in [1.165, 1.54) is 51.4 Å². The molecule has 1 unspecified atom stereocenters. The van der Waals surface area contributed by atoms with E-state index in [-0.39, 0.29) is 5.97 Å². The van der Waals surface area contributed by atoms with Crippen LogP contribution in [-0.4, -0.2) is 12.6 Å². The van der Waals surface area contributed by atoms with Crippen LogP contribution in [0.15, 0.2) is 12.7 Å². The zero-order valence-corrected chi connectivity index (χ0v) is 11.8. The minimum absolute atomic E-state index is 0.0402. The fourth-order valence-electron chi connectivity index (χ4n) is 3.00. The van der Waals surface area contributed by atoms with E-state index in [1.807, 2.05) is 0 Å². The van der Waals surface area contributed by atoms with Crippen LogP contribution in [0.5, 0.6) is 0 Å². The number of carbonyl (C=O) groups excluding carboxylic acids is 1. The molecule has 0 radical (unpaired) electrons. The molecule has 0 spiro atoms. The molecule has 0 aromatic heterocycles. The van der Waals surface area contributed by atoms with Gasteiger partial charge < -0.3 is 4.74 Å². The lowest BCUT2D eigenvalue weighted by Gasteiger charge is -2.29. The zero-order valence-electron chi connectivity index (χ0n) is 11.8. The van der Waals surface area contributed by atoms with Crippen LogP contribution in [-0.2, 0) is 9.53 Å². The summed E-state index contributed by atoms with van der Waals surface area (Å²) < 4.78 is 5.14. The van der Waals surface area contributed by atoms with Crippen molar-refractivity contribution in [1.29, 1.82) is 0 Å². The molecule has 1 fully saturated rings. The summed E-state index contributed by atoms with van der Waals surface area (Å²) in [6, 6.07) is 0. The average molecular weight is 252 g/mol. The van der Waals surface area contributed by atoms with E-state index < -0.39 is 0 Å². The number of ether oxygens (including phenoxy) is 1. The molecule has 2 heteroatoms. The normalized spacial score (nSPS) is 18.3. The number of esters is 1. The molecular weight excluding hydrogens is 224 g/mol. The topological polar surface area (TPSA) is 26.3 Å². The lowest BCUT2D eigenvalue weighted by Crippen LogP contribution is -2.22. The molecule has 0 N–H and O–H groups in total. The molecule has 104 valence electrons. The first-order chi connectivity index (χ1) is 8.77. The predicted molar refractivity (Wildman–Crippen MR) is 75.4 cm³/mol. The van der Waals surface area contributed by atoms with Gasteiger partial charge in [0.15, 0.2) is 0 Å². The third-order valence-corrected chi connectivity index (χ3v) is 4.04. The number of carbonyl (C=O) groups is 1. The molecule has 1 saturated carbocycles. The first kappa shape index (κ1) is 15.3. The van der Waals surface area contributed by atoms with E-state index in [4.69, 9.17) is 4.74 Å². The SMILES string of the molecule is C=CCOC(=O)CC(CCCC)C1CCCCC1. The molecule has 0 heterocycles. The van der Waals surface area contributed by atoms with E-state index in [0.29, 0.717) is 18.9 Å². The summed E-state index contributed by atoms with van der Waals surface area (Å²) in [5.74, 6) is 1.26. The van der Waals surface area contributed by atoms with Gasteiger partial charge in [0, 0.05) is 6.42 Å². The van der Waals surface area contributed by atoms with E-state index in [2.05, 4.69) is 13.5 Å². The van der Waals surface area contributed by atoms with Gasteiger partial charge in [-0.3, -0.25) is 4.79 Å². The standard InChI is InChI=1S/C16H28O2/c1-3-5-9-15(13-16(17)18-12-4-2)14-10-7-6-8-11-14/h4,14-15H,2-3,5-13H2,1H3. The van der Waals surface area contributed by atoms with E-state index in [1.54, 1.807) is 6.08 Å². The Morgan fingerprint density at radius 2 is 2.11 bits per heavy atom. The van der Waals surface area contributed by atoms with E-state index >= 15 is 0 Å². The number of hydrogen-bond acceptors (Lipinski definition) is 2. The Labute approximate surface area is 112 Å². The maximum absolute atomic E-state index is 11.7. The number of hydrogen-bond donors (Lipinski definition) is 0. The van der Waals surface area contributed by atoms with Gasteiger partial charge in [0.25, 0.3) is 0 Å². The van der Waals surface area contributed by atoms with E-state index in [9.17, 15) is 4.79 Å². The first-order valence-corrected chi connectivity index (χ1v) is 7.54. The van der Waals surface area contributed by atoms with Crippen molar-refractivity contribution in [3.63, 3.8) is 0 Å². The van der Waals surface area contributed by atoms with Crippen LogP contribution in [0.3, 0.4) is 0 Å². The Kier molecular flexibility index (Phi) is 7.79. The third-order valence-electron chi connectivity index (χ3n) is 4.04. The number of unbranched alkanes of at least 4 members (excludes halogenated alkanes) is 1. The molecule has 0 saturated heterocycles. The molecule has 0 aliphatic heterocycles. The Hall–Kier alpha value is -0.790. The highest BCUT2D eigenvalue weighted by Crippen LogP contribution is 2.34. The maximum atomic E-state index is 11.7. The minimum Gasteiger partial charge on any atom is -0.461 e. The summed E-state index contributed by atoms with van der Waals surface area (Å²) >= 11 is 0. The fraction of sp³-hybridized carbons (Fsp3) is 0.812. The van der Waals surface area contributed by atoms with Crippen LogP contribution in [0.1, 0.15) is 64.7 Å². The van der Waals surface area contributed by atoms with Crippen molar-refractivity contribution in [1.82, 2.24) is 0 Å². The largest absolute Gasteiger partial charge is 0.461 e. The number of rotatable bonds is 8. The second-order valence-electron chi connectivity index (χ2n) is 5.48. The van der Waals surface area contributed by atoms with Crippen molar-refractivity contribution in [2.75, 3.05) is 6.61 Å². The Morgan fingerprint density at radius 1 is 1.39 bits per heavy atom. The van der Waals surface area contributed by atoms with Crippen LogP contribution >= 0.6 is 0 Å². The van der Waals surface area contributed by atoms with Crippen LogP contribution in [0, 0.1) is 11.8 Å². The van der Waals surface area contributed by atoms with Gasteiger partial charge in [-0.15, -0.1) is 0 Å². The van der Waals surface area contributed by atoms with Crippen molar-refractivity contribution < 1.29 is 9.53 Å². The molecule has 1 atom stereocenters. The lowest BCUT2D eigenvalue weighted by atomic mass is 9.76. The van der Waals surface area contributed by atoms with Gasteiger partial charge in [-0.1, -0.05) is 64.5 Å². The monoisotopic (exact) mass is 252 g/mol. The van der Waals surface area contributed by atoms with Gasteiger partial charge in [0.2, 0.25) is 0 Å². The summed E-state index contributed by atoms with van der Waals surface area (Å²) in [6.45, 7) is 6.14. The molecular formula is C16H28O2. The second-order valence-corrected chi connectivity index (χ2v) is 5.48. The lowest BCUT2D eigenvalue weighted by molar-refractivity contribution is -0.144. The minimum atomic E-state index is -0.0402. The average Bonchev–Trinajstić information content (AvgIpc) is 2.42. The molecule has 0 aromatic carbocycles. The molecule has 0 aromatic rings. The maximum Gasteiger partial charge on any atom is 0.306 e. The van der Waals surface area contributed by atoms with Crippen molar-refractivity contribution in [2.45, 2.75) is 64.7 Å². The highest BCUT2D eigenvalue weighted by Gasteiger charge is 2.25. The third kappa shape index (κ3) is 5.70. The van der Waals surface area contributed by atoms with Gasteiger partial charge >= 0.3 is 5.97 Å². The van der Waals surface area contributed by atoms with Gasteiger partial charge in [-0.2, -0.15) is 0 Å². The van der Waals surface area contributed by atoms with Gasteiger partial charge in [0.05, 0.1) is 0 Å². The Morgan fingerprint density at radius 3 is 2.72 bits per heavy atom. The van der Waals surface area contributed by atoms with Gasteiger partial charge in [-0.05, 0) is 18.3 Å². The quantitative estimate of drug-likeness (QED) is 0.470. The van der Waals surface area contributed by atoms with Crippen LogP contribution in [0.25, 0.3) is 0 Å². The molecule has 2 nitrogen and oxygen atoms in total. The molecule has 0 bridgehead atoms. The smallest absolute Gasteiger partial charge is 0.306 e. The highest BCUT2D eigenvalue weighted by molar-refractivity contribution is 5.69. The van der Waals surface area contributed by atoms with Crippen LogP contribution in [0.4, 0.5) is 0 Å². The van der Waals surface area contributed by atoms with Crippen molar-refractivity contribution in [3.05, 3.63) is 12.7 Å². The molecule has 0 amide bonds. The second kappa shape index (κ2) is 9.18. The summed E-state index contributed by atoms with van der Waals surface area (Å²) in [4.78, 5) is 11.7. The predicted octanol–water partition coefficient (Wildman–Crippen LogP) is 4.49. The van der Waals surface area contributed by atoms with E-state index in [0.717, 1.165) is 5.92 Å².